The Labute approximate surface area is 127 Å². The third-order valence-electron chi connectivity index (χ3n) is 4.07. The number of para-hydroxylation sites is 1. The number of aromatic nitrogens is 3. The fraction of sp³-hybridized carbons (Fsp3) is 0.250. The molecule has 1 fully saturated rings. The van der Waals surface area contributed by atoms with Crippen LogP contribution < -0.4 is 5.73 Å². The number of rotatable bonds is 3. The highest BCUT2D eigenvalue weighted by Crippen LogP contribution is 2.41. The Morgan fingerprint density at radius 3 is 2.71 bits per heavy atom. The molecule has 0 unspecified atom stereocenters. The lowest BCUT2D eigenvalue weighted by molar-refractivity contribution is 0.253. The summed E-state index contributed by atoms with van der Waals surface area (Å²) in [6.07, 6.45) is 7.16. The molecule has 106 valence electrons. The van der Waals surface area contributed by atoms with Crippen molar-refractivity contribution in [2.45, 2.75) is 24.8 Å². The molecule has 1 saturated carbocycles. The Bertz CT molecular complexity index is 755. The van der Waals surface area contributed by atoms with Gasteiger partial charge in [-0.25, -0.2) is 9.67 Å². The van der Waals surface area contributed by atoms with Crippen molar-refractivity contribution in [1.29, 1.82) is 0 Å². The van der Waals surface area contributed by atoms with Gasteiger partial charge in [-0.1, -0.05) is 18.2 Å². The van der Waals surface area contributed by atoms with E-state index < -0.39 is 0 Å². The number of nitrogens with two attached hydrogens (primary N) is 1. The van der Waals surface area contributed by atoms with Crippen molar-refractivity contribution in [3.8, 4) is 16.9 Å². The van der Waals surface area contributed by atoms with Gasteiger partial charge in [0.25, 0.3) is 0 Å². The zero-order valence-electron chi connectivity index (χ0n) is 11.6. The van der Waals surface area contributed by atoms with Crippen molar-refractivity contribution in [3.63, 3.8) is 0 Å². The van der Waals surface area contributed by atoms with Crippen molar-refractivity contribution in [3.05, 3.63) is 53.1 Å². The number of thiazole rings is 1. The first-order valence-electron chi connectivity index (χ1n) is 7.10. The van der Waals surface area contributed by atoms with Crippen LogP contribution in [0.5, 0.6) is 0 Å². The normalized spacial score (nSPS) is 16.6. The summed E-state index contributed by atoms with van der Waals surface area (Å²) in [6.45, 7) is 0. The molecule has 5 heteroatoms. The molecule has 2 heterocycles. The van der Waals surface area contributed by atoms with Crippen LogP contribution in [0.2, 0.25) is 0 Å². The summed E-state index contributed by atoms with van der Waals surface area (Å²) in [6, 6.07) is 10.1. The number of hydrogen-bond donors (Lipinski definition) is 1. The number of nitrogens with zero attached hydrogens (tertiary/aromatic N) is 3. The minimum Gasteiger partial charge on any atom is -0.319 e. The van der Waals surface area contributed by atoms with Gasteiger partial charge in [0.2, 0.25) is 0 Å². The van der Waals surface area contributed by atoms with E-state index in [1.165, 1.54) is 6.42 Å². The van der Waals surface area contributed by atoms with Crippen LogP contribution >= 0.6 is 11.3 Å². The van der Waals surface area contributed by atoms with Gasteiger partial charge in [-0.15, -0.1) is 11.3 Å². The Morgan fingerprint density at radius 2 is 2.00 bits per heavy atom. The second kappa shape index (κ2) is 4.79. The Morgan fingerprint density at radius 1 is 1.19 bits per heavy atom. The first-order chi connectivity index (χ1) is 10.2. The van der Waals surface area contributed by atoms with Crippen LogP contribution in [0.1, 0.15) is 24.3 Å². The summed E-state index contributed by atoms with van der Waals surface area (Å²) in [5, 5.41) is 7.55. The molecule has 3 aromatic rings. The quantitative estimate of drug-likeness (QED) is 0.806. The van der Waals surface area contributed by atoms with Gasteiger partial charge in [0.15, 0.2) is 0 Å². The predicted molar refractivity (Wildman–Crippen MR) is 84.4 cm³/mol. The second-order valence-electron chi connectivity index (χ2n) is 5.56. The molecular weight excluding hydrogens is 280 g/mol. The van der Waals surface area contributed by atoms with Gasteiger partial charge in [0.05, 0.1) is 23.1 Å². The maximum absolute atomic E-state index is 6.34. The smallest absolute Gasteiger partial charge is 0.113 e. The summed E-state index contributed by atoms with van der Waals surface area (Å²) in [5.74, 6) is 0. The highest BCUT2D eigenvalue weighted by molar-refractivity contribution is 7.10. The van der Waals surface area contributed by atoms with Gasteiger partial charge in [0, 0.05) is 17.1 Å². The third kappa shape index (κ3) is 2.18. The summed E-state index contributed by atoms with van der Waals surface area (Å²) < 4.78 is 1.87. The standard InChI is InChI=1S/C16H16N4S/c17-16(7-4-8-16)15-19-14(11-21-15)12-9-18-20(10-12)13-5-2-1-3-6-13/h1-3,5-6,9-11H,4,7-8,17H2. The predicted octanol–water partition coefficient (Wildman–Crippen LogP) is 3.33. The van der Waals surface area contributed by atoms with Gasteiger partial charge in [0.1, 0.15) is 5.01 Å². The van der Waals surface area contributed by atoms with E-state index >= 15 is 0 Å². The lowest BCUT2D eigenvalue weighted by Crippen LogP contribution is -2.43. The minimum absolute atomic E-state index is 0.182. The molecule has 0 amide bonds. The Kier molecular flexibility index (Phi) is 2.90. The molecule has 1 aromatic carbocycles. The fourth-order valence-electron chi connectivity index (χ4n) is 2.58. The monoisotopic (exact) mass is 296 g/mol. The molecule has 4 nitrogen and oxygen atoms in total. The molecule has 0 aliphatic heterocycles. The van der Waals surface area contributed by atoms with Crippen molar-refractivity contribution in [2.75, 3.05) is 0 Å². The van der Waals surface area contributed by atoms with Crippen molar-refractivity contribution in [1.82, 2.24) is 14.8 Å². The number of benzene rings is 1. The largest absolute Gasteiger partial charge is 0.319 e. The van der Waals surface area contributed by atoms with E-state index in [0.29, 0.717) is 0 Å². The average Bonchev–Trinajstić information content (AvgIpc) is 3.14. The van der Waals surface area contributed by atoms with E-state index in [9.17, 15) is 0 Å². The van der Waals surface area contributed by atoms with Gasteiger partial charge in [-0.3, -0.25) is 0 Å². The molecule has 0 atom stereocenters. The first kappa shape index (κ1) is 12.7. The van der Waals surface area contributed by atoms with Crippen molar-refractivity contribution in [2.24, 2.45) is 5.73 Å². The zero-order chi connectivity index (χ0) is 14.3. The first-order valence-corrected chi connectivity index (χ1v) is 7.98. The number of hydrogen-bond acceptors (Lipinski definition) is 4. The molecule has 4 rings (SSSR count). The van der Waals surface area contributed by atoms with Gasteiger partial charge < -0.3 is 5.73 Å². The molecule has 2 N–H and O–H groups in total. The summed E-state index contributed by atoms with van der Waals surface area (Å²) >= 11 is 1.66. The molecule has 0 radical (unpaired) electrons. The molecular formula is C16H16N4S. The van der Waals surface area contributed by atoms with Crippen molar-refractivity contribution < 1.29 is 0 Å². The zero-order valence-corrected chi connectivity index (χ0v) is 12.4. The maximum atomic E-state index is 6.34. The van der Waals surface area contributed by atoms with Crippen LogP contribution in [0, 0.1) is 0 Å². The van der Waals surface area contributed by atoms with Crippen LogP contribution in [-0.4, -0.2) is 14.8 Å². The van der Waals surface area contributed by atoms with Crippen LogP contribution in [0.3, 0.4) is 0 Å². The van der Waals surface area contributed by atoms with E-state index in [2.05, 4.69) is 10.5 Å². The molecule has 0 spiro atoms. The summed E-state index contributed by atoms with van der Waals surface area (Å²) in [4.78, 5) is 4.72. The maximum Gasteiger partial charge on any atom is 0.113 e. The van der Waals surface area contributed by atoms with Crippen LogP contribution in [0.15, 0.2) is 48.1 Å². The van der Waals surface area contributed by atoms with E-state index in [4.69, 9.17) is 10.7 Å². The molecule has 1 aliphatic carbocycles. The highest BCUT2D eigenvalue weighted by atomic mass is 32.1. The third-order valence-corrected chi connectivity index (χ3v) is 5.14. The van der Waals surface area contributed by atoms with Crippen molar-refractivity contribution >= 4 is 11.3 Å². The van der Waals surface area contributed by atoms with Gasteiger partial charge in [-0.2, -0.15) is 5.10 Å². The topological polar surface area (TPSA) is 56.7 Å². The van der Waals surface area contributed by atoms with E-state index in [0.717, 1.165) is 34.8 Å². The highest BCUT2D eigenvalue weighted by Gasteiger charge is 2.37. The SMILES string of the molecule is NC1(c2nc(-c3cnn(-c4ccccc4)c3)cs2)CCC1. The Balaban J connectivity index is 1.64. The minimum atomic E-state index is -0.182. The fourth-order valence-corrected chi connectivity index (χ4v) is 3.59. The average molecular weight is 296 g/mol. The van der Waals surface area contributed by atoms with Gasteiger partial charge in [-0.05, 0) is 31.4 Å². The van der Waals surface area contributed by atoms with Gasteiger partial charge >= 0.3 is 0 Å². The molecule has 21 heavy (non-hydrogen) atoms. The molecule has 1 aliphatic rings. The van der Waals surface area contributed by atoms with E-state index in [1.54, 1.807) is 11.3 Å². The van der Waals surface area contributed by atoms with Crippen LogP contribution in [-0.2, 0) is 5.54 Å². The molecule has 0 bridgehead atoms. The van der Waals surface area contributed by atoms with Crippen LogP contribution in [0.4, 0.5) is 0 Å². The van der Waals surface area contributed by atoms with E-state index in [-0.39, 0.29) is 5.54 Å². The Hall–Kier alpha value is -1.98. The van der Waals surface area contributed by atoms with Crippen LogP contribution in [0.25, 0.3) is 16.9 Å². The molecule has 0 saturated heterocycles. The molecule has 2 aromatic heterocycles. The lowest BCUT2D eigenvalue weighted by atomic mass is 9.78. The lowest BCUT2D eigenvalue weighted by Gasteiger charge is -2.35. The summed E-state index contributed by atoms with van der Waals surface area (Å²) in [5.41, 5.74) is 9.20. The van der Waals surface area contributed by atoms with E-state index in [1.807, 2.05) is 47.4 Å². The second-order valence-corrected chi connectivity index (χ2v) is 6.41. The summed E-state index contributed by atoms with van der Waals surface area (Å²) in [7, 11) is 0.